The number of halogens is 6. The van der Waals surface area contributed by atoms with E-state index in [0.29, 0.717) is 13.1 Å². The Morgan fingerprint density at radius 2 is 1.11 bits per heavy atom. The number of carbonyl (C=O) groups excluding carboxylic acids is 2. The molecule has 0 radical (unpaired) electrons. The van der Waals surface area contributed by atoms with Gasteiger partial charge in [-0.3, -0.25) is 9.59 Å². The molecule has 2 aliphatic heterocycles. The molecule has 2 fully saturated rings. The molecule has 2 aliphatic rings. The lowest BCUT2D eigenvalue weighted by Crippen LogP contribution is -2.29. The summed E-state index contributed by atoms with van der Waals surface area (Å²) in [6, 6.07) is 0. The third-order valence-electron chi connectivity index (χ3n) is 4.35. The van der Waals surface area contributed by atoms with Crippen molar-refractivity contribution in [3.05, 3.63) is 0 Å². The van der Waals surface area contributed by atoms with Crippen LogP contribution in [0.1, 0.15) is 13.8 Å². The first kappa shape index (κ1) is 29.4. The molecule has 0 aliphatic carbocycles. The third kappa shape index (κ3) is 8.67. The molecule has 2 N–H and O–H groups in total. The van der Waals surface area contributed by atoms with Gasteiger partial charge in [-0.05, 0) is 13.8 Å². The zero-order valence-electron chi connectivity index (χ0n) is 15.7. The van der Waals surface area contributed by atoms with Crippen molar-refractivity contribution in [3.63, 3.8) is 0 Å². The third-order valence-corrected chi connectivity index (χ3v) is 4.35. The largest absolute Gasteiger partial charge is 0.466 e. The van der Waals surface area contributed by atoms with Gasteiger partial charge in [0.25, 0.3) is 0 Å². The lowest BCUT2D eigenvalue weighted by molar-refractivity contribution is -0.151. The highest BCUT2D eigenvalue weighted by atomic mass is 35.5. The fourth-order valence-corrected chi connectivity index (χ4v) is 2.94. The minimum Gasteiger partial charge on any atom is -0.466 e. The summed E-state index contributed by atoms with van der Waals surface area (Å²) in [5.74, 6) is -4.17. The number of alkyl halides is 4. The van der Waals surface area contributed by atoms with Gasteiger partial charge in [-0.1, -0.05) is 0 Å². The van der Waals surface area contributed by atoms with Gasteiger partial charge in [0.2, 0.25) is 12.9 Å². The Morgan fingerprint density at radius 3 is 1.36 bits per heavy atom. The molecule has 2 rings (SSSR count). The highest BCUT2D eigenvalue weighted by Crippen LogP contribution is 2.25. The molecule has 0 unspecified atom stereocenters. The smallest absolute Gasteiger partial charge is 0.310 e. The summed E-state index contributed by atoms with van der Waals surface area (Å²) in [6.07, 6.45) is -4.91. The van der Waals surface area contributed by atoms with Crippen molar-refractivity contribution >= 4 is 36.8 Å². The van der Waals surface area contributed by atoms with Gasteiger partial charge in [0.15, 0.2) is 0 Å². The Morgan fingerprint density at radius 1 is 0.786 bits per heavy atom. The van der Waals surface area contributed by atoms with Crippen LogP contribution in [-0.4, -0.2) is 64.2 Å². The van der Waals surface area contributed by atoms with E-state index >= 15 is 0 Å². The highest BCUT2D eigenvalue weighted by Gasteiger charge is 2.40. The molecule has 6 nitrogen and oxygen atoms in total. The Balaban J connectivity index is 0. The van der Waals surface area contributed by atoms with E-state index in [0.717, 1.165) is 0 Å². The number of esters is 2. The first-order valence-corrected chi connectivity index (χ1v) is 8.64. The summed E-state index contributed by atoms with van der Waals surface area (Å²) < 4.78 is 58.8. The molecule has 12 heteroatoms. The van der Waals surface area contributed by atoms with Crippen LogP contribution < -0.4 is 10.6 Å². The molecule has 0 aromatic rings. The van der Waals surface area contributed by atoms with E-state index in [1.54, 1.807) is 13.8 Å². The summed E-state index contributed by atoms with van der Waals surface area (Å²) in [6.45, 7) is 4.80. The molecule has 2 saturated heterocycles. The van der Waals surface area contributed by atoms with Crippen LogP contribution in [0.3, 0.4) is 0 Å². The van der Waals surface area contributed by atoms with E-state index in [1.807, 2.05) is 0 Å². The van der Waals surface area contributed by atoms with Crippen LogP contribution in [0.4, 0.5) is 17.6 Å². The maximum Gasteiger partial charge on any atom is 0.310 e. The normalized spacial score (nSPS) is 26.0. The first-order chi connectivity index (χ1) is 12.3. The van der Waals surface area contributed by atoms with E-state index in [4.69, 9.17) is 9.47 Å². The monoisotopic (exact) mass is 458 g/mol. The molecule has 4 atom stereocenters. The number of hydrogen-bond donors (Lipinski definition) is 2. The van der Waals surface area contributed by atoms with Crippen molar-refractivity contribution in [3.8, 4) is 0 Å². The van der Waals surface area contributed by atoms with Gasteiger partial charge < -0.3 is 20.1 Å². The van der Waals surface area contributed by atoms with Crippen molar-refractivity contribution in [1.82, 2.24) is 10.6 Å². The standard InChI is InChI=1S/2C8H13F2NO2.2ClH/c2*1-2-13-8(12)6-4-11-3-5(6)7(9)10;;/h2*5-7,11H,2-4H2,1H3;2*1H/t2*5-,6-;;/m10../s1. The molecule has 0 aromatic carbocycles. The highest BCUT2D eigenvalue weighted by molar-refractivity contribution is 5.85. The lowest BCUT2D eigenvalue weighted by atomic mass is 9.97. The van der Waals surface area contributed by atoms with Crippen LogP contribution in [0.2, 0.25) is 0 Å². The number of rotatable bonds is 6. The van der Waals surface area contributed by atoms with Gasteiger partial charge in [-0.15, -0.1) is 24.8 Å². The summed E-state index contributed by atoms with van der Waals surface area (Å²) in [4.78, 5) is 22.3. The molecule has 2 heterocycles. The Hall–Kier alpha value is -0.840. The van der Waals surface area contributed by atoms with E-state index in [2.05, 4.69) is 10.6 Å². The van der Waals surface area contributed by atoms with E-state index < -0.39 is 48.5 Å². The number of hydrogen-bond acceptors (Lipinski definition) is 6. The molecule has 0 amide bonds. The molecule has 168 valence electrons. The quantitative estimate of drug-likeness (QED) is 0.469. The Bertz CT molecular complexity index is 424. The molecular weight excluding hydrogens is 431 g/mol. The van der Waals surface area contributed by atoms with Gasteiger partial charge in [-0.2, -0.15) is 0 Å². The van der Waals surface area contributed by atoms with Crippen LogP contribution in [-0.2, 0) is 19.1 Å². The first-order valence-electron chi connectivity index (χ1n) is 8.64. The SMILES string of the molecule is CCOC(=O)[C@@H]1CNC[C@H]1C(F)F.CCOC(=O)[C@H]1CNC[C@@H]1C(F)F.Cl.Cl. The second kappa shape index (κ2) is 15.1. The fourth-order valence-electron chi connectivity index (χ4n) is 2.94. The topological polar surface area (TPSA) is 76.7 Å². The number of ether oxygens (including phenoxy) is 2. The van der Waals surface area contributed by atoms with Crippen molar-refractivity contribution < 1.29 is 36.6 Å². The average molecular weight is 459 g/mol. The molecular formula is C16H28Cl2F4N2O4. The minimum absolute atomic E-state index is 0. The summed E-state index contributed by atoms with van der Waals surface area (Å²) >= 11 is 0. The summed E-state index contributed by atoms with van der Waals surface area (Å²) in [7, 11) is 0. The van der Waals surface area contributed by atoms with Crippen molar-refractivity contribution in [2.45, 2.75) is 26.7 Å². The molecule has 0 saturated carbocycles. The van der Waals surface area contributed by atoms with E-state index in [1.165, 1.54) is 0 Å². The minimum atomic E-state index is -2.45. The molecule has 0 bridgehead atoms. The van der Waals surface area contributed by atoms with Crippen LogP contribution in [0, 0.1) is 23.7 Å². The predicted octanol–water partition coefficient (Wildman–Crippen LogP) is 2.14. The van der Waals surface area contributed by atoms with Gasteiger partial charge in [-0.25, -0.2) is 17.6 Å². The molecule has 0 spiro atoms. The van der Waals surface area contributed by atoms with Crippen molar-refractivity contribution in [2.75, 3.05) is 39.4 Å². The Labute approximate surface area is 174 Å². The lowest BCUT2D eigenvalue weighted by Gasteiger charge is -2.15. The fraction of sp³-hybridized carbons (Fsp3) is 0.875. The van der Waals surface area contributed by atoms with Gasteiger partial charge in [0.05, 0.1) is 25.0 Å². The van der Waals surface area contributed by atoms with Crippen molar-refractivity contribution in [1.29, 1.82) is 0 Å². The predicted molar refractivity (Wildman–Crippen MR) is 99.5 cm³/mol. The second-order valence-electron chi connectivity index (χ2n) is 6.03. The van der Waals surface area contributed by atoms with Crippen LogP contribution in [0.25, 0.3) is 0 Å². The van der Waals surface area contributed by atoms with Gasteiger partial charge in [0.1, 0.15) is 0 Å². The van der Waals surface area contributed by atoms with Crippen LogP contribution >= 0.6 is 24.8 Å². The average Bonchev–Trinajstić information content (AvgIpc) is 3.25. The van der Waals surface area contributed by atoms with Crippen molar-refractivity contribution in [2.24, 2.45) is 23.7 Å². The second-order valence-corrected chi connectivity index (χ2v) is 6.03. The van der Waals surface area contributed by atoms with Crippen LogP contribution in [0.5, 0.6) is 0 Å². The maximum atomic E-state index is 12.3. The van der Waals surface area contributed by atoms with E-state index in [9.17, 15) is 27.2 Å². The van der Waals surface area contributed by atoms with E-state index in [-0.39, 0.29) is 51.1 Å². The zero-order valence-corrected chi connectivity index (χ0v) is 17.3. The maximum absolute atomic E-state index is 12.3. The molecule has 28 heavy (non-hydrogen) atoms. The Kier molecular flexibility index (Phi) is 15.8. The van der Waals surface area contributed by atoms with Crippen LogP contribution in [0.15, 0.2) is 0 Å². The summed E-state index contributed by atoms with van der Waals surface area (Å²) in [5, 5.41) is 5.52. The zero-order chi connectivity index (χ0) is 19.7. The van der Waals surface area contributed by atoms with Gasteiger partial charge >= 0.3 is 11.9 Å². The number of nitrogens with one attached hydrogen (secondary N) is 2. The number of carbonyl (C=O) groups is 2. The summed E-state index contributed by atoms with van der Waals surface area (Å²) in [5.41, 5.74) is 0. The van der Waals surface area contributed by atoms with Gasteiger partial charge in [0, 0.05) is 38.0 Å². The molecule has 0 aromatic heterocycles.